The van der Waals surface area contributed by atoms with Crippen LogP contribution >= 0.6 is 0 Å². The summed E-state index contributed by atoms with van der Waals surface area (Å²) in [4.78, 5) is 0. The predicted octanol–water partition coefficient (Wildman–Crippen LogP) is 16.2. The van der Waals surface area contributed by atoms with Crippen molar-refractivity contribution in [2.24, 2.45) is 0 Å². The molecule has 1 nitrogen and oxygen atoms in total. The number of nitriles is 1. The maximum atomic E-state index is 11.0. The van der Waals surface area contributed by atoms with Gasteiger partial charge in [-0.2, -0.15) is 5.26 Å². The van der Waals surface area contributed by atoms with Crippen LogP contribution in [0, 0.1) is 11.3 Å². The van der Waals surface area contributed by atoms with Crippen LogP contribution < -0.4 is 0 Å². The Bertz CT molecular complexity index is 3430. The predicted molar refractivity (Wildman–Crippen MR) is 253 cm³/mol. The number of rotatable bonds is 5. The van der Waals surface area contributed by atoms with E-state index >= 15 is 0 Å². The van der Waals surface area contributed by atoms with Crippen molar-refractivity contribution in [3.63, 3.8) is 0 Å². The van der Waals surface area contributed by atoms with Gasteiger partial charge in [0.15, 0.2) is 0 Å². The van der Waals surface area contributed by atoms with E-state index in [1.807, 2.05) is 0 Å². The largest absolute Gasteiger partial charge is 0.192 e. The van der Waals surface area contributed by atoms with Crippen molar-refractivity contribution in [3.8, 4) is 84.0 Å². The molecule has 12 rings (SSSR count). The fourth-order valence-corrected chi connectivity index (χ4v) is 10.2. The van der Waals surface area contributed by atoms with Gasteiger partial charge in [-0.3, -0.25) is 0 Å². The number of fused-ring (bicyclic) bond motifs is 6. The molecular formula is C59H35N. The lowest BCUT2D eigenvalue weighted by atomic mass is 9.82. The van der Waals surface area contributed by atoms with Crippen molar-refractivity contribution in [1.82, 2.24) is 0 Å². The third-order valence-electron chi connectivity index (χ3n) is 12.6. The molecule has 0 saturated heterocycles. The van der Waals surface area contributed by atoms with Gasteiger partial charge in [-0.15, -0.1) is 0 Å². The summed E-state index contributed by atoms with van der Waals surface area (Å²) in [6.07, 6.45) is 0. The molecule has 0 atom stereocenters. The summed E-state index contributed by atoms with van der Waals surface area (Å²) in [5.74, 6) is 0. The van der Waals surface area contributed by atoms with E-state index in [4.69, 9.17) is 0 Å². The zero-order chi connectivity index (χ0) is 39.7. The highest BCUT2D eigenvalue weighted by Gasteiger charge is 2.31. The molecule has 60 heavy (non-hydrogen) atoms. The van der Waals surface area contributed by atoms with E-state index in [2.05, 4.69) is 218 Å². The summed E-state index contributed by atoms with van der Waals surface area (Å²) in [7, 11) is 0. The first-order valence-electron chi connectivity index (χ1n) is 20.6. The lowest BCUT2D eigenvalue weighted by Gasteiger charge is -2.20. The van der Waals surface area contributed by atoms with E-state index in [1.165, 1.54) is 88.0 Å². The Morgan fingerprint density at radius 1 is 0.250 bits per heavy atom. The van der Waals surface area contributed by atoms with Crippen molar-refractivity contribution in [2.75, 3.05) is 0 Å². The Hall–Kier alpha value is -8.05. The van der Waals surface area contributed by atoms with Crippen LogP contribution in [0.3, 0.4) is 0 Å². The zero-order valence-corrected chi connectivity index (χ0v) is 32.7. The molecule has 0 unspecified atom stereocenters. The number of hydrogen-bond donors (Lipinski definition) is 0. The van der Waals surface area contributed by atoms with Gasteiger partial charge in [-0.05, 0) is 121 Å². The van der Waals surface area contributed by atoms with Crippen molar-refractivity contribution in [2.45, 2.75) is 0 Å². The number of nitrogens with zero attached hydrogens (tertiary/aromatic N) is 1. The Morgan fingerprint density at radius 3 is 1.13 bits per heavy atom. The van der Waals surface area contributed by atoms with Gasteiger partial charge in [-0.1, -0.05) is 206 Å². The highest BCUT2D eigenvalue weighted by molar-refractivity contribution is 6.29. The van der Waals surface area contributed by atoms with Gasteiger partial charge in [0.1, 0.15) is 0 Å². The SMILES string of the molecule is N#Cc1cc(-c2ccc3c4c(cccc24)-c2c-3c(-c3ccccc3)c3ccccc3c2-c2ccccc2)ccc1-c1c2ccccc2c(-c2ccccc2)c2ccccc12. The third kappa shape index (κ3) is 4.98. The molecular weight excluding hydrogens is 723 g/mol. The van der Waals surface area contributed by atoms with Crippen molar-refractivity contribution < 1.29 is 0 Å². The topological polar surface area (TPSA) is 23.8 Å². The lowest BCUT2D eigenvalue weighted by molar-refractivity contribution is 1.48. The molecule has 0 aromatic heterocycles. The maximum absolute atomic E-state index is 11.0. The standard InChI is InChI=1S/C59H35N/c60-36-41-35-40(31-32-43(41)56-49-27-14-10-23-45(49)53(37-17-4-1-5-18-37)46-24-11-15-28-50(46)56)42-33-34-52-57-44(42)29-16-30-51(57)58-54(38-19-6-2-7-20-38)47-25-12-13-26-48(47)55(59(52)58)39-21-8-3-9-22-39/h1-35H. The second-order valence-corrected chi connectivity index (χ2v) is 15.7. The molecule has 276 valence electrons. The second kappa shape index (κ2) is 13.5. The Morgan fingerprint density at radius 2 is 0.633 bits per heavy atom. The molecule has 0 amide bonds. The van der Waals surface area contributed by atoms with Crippen molar-refractivity contribution in [3.05, 3.63) is 218 Å². The van der Waals surface area contributed by atoms with Crippen LogP contribution in [0.4, 0.5) is 0 Å². The average Bonchev–Trinajstić information content (AvgIpc) is 3.65. The fraction of sp³-hybridized carbons (Fsp3) is 0. The van der Waals surface area contributed by atoms with Gasteiger partial charge in [0.25, 0.3) is 0 Å². The molecule has 0 radical (unpaired) electrons. The van der Waals surface area contributed by atoms with Gasteiger partial charge in [-0.25, -0.2) is 0 Å². The summed E-state index contributed by atoms with van der Waals surface area (Å²) < 4.78 is 0. The monoisotopic (exact) mass is 757 g/mol. The van der Waals surface area contributed by atoms with Gasteiger partial charge in [0.2, 0.25) is 0 Å². The van der Waals surface area contributed by atoms with Gasteiger partial charge < -0.3 is 0 Å². The molecule has 11 aromatic carbocycles. The molecule has 0 heterocycles. The van der Waals surface area contributed by atoms with Gasteiger partial charge in [0, 0.05) is 5.56 Å². The van der Waals surface area contributed by atoms with Crippen LogP contribution in [0.1, 0.15) is 5.56 Å². The minimum atomic E-state index is 0.658. The normalized spacial score (nSPS) is 11.7. The van der Waals surface area contributed by atoms with Gasteiger partial charge >= 0.3 is 0 Å². The van der Waals surface area contributed by atoms with E-state index < -0.39 is 0 Å². The molecule has 1 aliphatic carbocycles. The highest BCUT2D eigenvalue weighted by atomic mass is 14.3. The maximum Gasteiger partial charge on any atom is 0.0998 e. The highest BCUT2D eigenvalue weighted by Crippen LogP contribution is 2.58. The van der Waals surface area contributed by atoms with E-state index in [0.29, 0.717) is 5.56 Å². The van der Waals surface area contributed by atoms with Crippen LogP contribution in [0.5, 0.6) is 0 Å². The van der Waals surface area contributed by atoms with Gasteiger partial charge in [0.05, 0.1) is 11.6 Å². The molecule has 0 saturated carbocycles. The van der Waals surface area contributed by atoms with Crippen LogP contribution in [-0.2, 0) is 0 Å². The summed E-state index contributed by atoms with van der Waals surface area (Å²) in [6.45, 7) is 0. The Labute approximate surface area is 348 Å². The van der Waals surface area contributed by atoms with Crippen LogP contribution in [0.15, 0.2) is 212 Å². The quantitative estimate of drug-likeness (QED) is 0.160. The van der Waals surface area contributed by atoms with Crippen LogP contribution in [-0.4, -0.2) is 0 Å². The molecule has 1 heteroatoms. The lowest BCUT2D eigenvalue weighted by Crippen LogP contribution is -1.93. The summed E-state index contributed by atoms with van der Waals surface area (Å²) in [6, 6.07) is 79.1. The molecule has 11 aromatic rings. The van der Waals surface area contributed by atoms with E-state index in [-0.39, 0.29) is 0 Å². The zero-order valence-electron chi connectivity index (χ0n) is 32.7. The minimum absolute atomic E-state index is 0.658. The fourth-order valence-electron chi connectivity index (χ4n) is 10.2. The molecule has 0 aliphatic heterocycles. The number of hydrogen-bond acceptors (Lipinski definition) is 1. The average molecular weight is 758 g/mol. The summed E-state index contributed by atoms with van der Waals surface area (Å²) in [5, 5.41) is 20.5. The third-order valence-corrected chi connectivity index (χ3v) is 12.6. The smallest absolute Gasteiger partial charge is 0.0998 e. The first-order chi connectivity index (χ1) is 29.8. The van der Waals surface area contributed by atoms with E-state index in [0.717, 1.165) is 33.0 Å². The Balaban J connectivity index is 1.10. The Kier molecular flexibility index (Phi) is 7.67. The minimum Gasteiger partial charge on any atom is -0.192 e. The van der Waals surface area contributed by atoms with Crippen LogP contribution in [0.2, 0.25) is 0 Å². The second-order valence-electron chi connectivity index (χ2n) is 15.7. The van der Waals surface area contributed by atoms with Crippen molar-refractivity contribution in [1.29, 1.82) is 5.26 Å². The molecule has 1 aliphatic rings. The number of benzene rings is 11. The summed E-state index contributed by atoms with van der Waals surface area (Å²) >= 11 is 0. The molecule has 0 fully saturated rings. The molecule has 0 N–H and O–H groups in total. The van der Waals surface area contributed by atoms with E-state index in [9.17, 15) is 5.26 Å². The molecule has 0 bridgehead atoms. The van der Waals surface area contributed by atoms with E-state index in [1.54, 1.807) is 0 Å². The summed E-state index contributed by atoms with van der Waals surface area (Å²) in [5.41, 5.74) is 17.2. The first kappa shape index (κ1) is 34.0. The van der Waals surface area contributed by atoms with Crippen molar-refractivity contribution >= 4 is 43.1 Å². The molecule has 0 spiro atoms. The first-order valence-corrected chi connectivity index (χ1v) is 20.6. The van der Waals surface area contributed by atoms with Crippen LogP contribution in [0.25, 0.3) is 121 Å².